The van der Waals surface area contributed by atoms with Gasteiger partial charge in [0.05, 0.1) is 26.0 Å². The summed E-state index contributed by atoms with van der Waals surface area (Å²) in [7, 11) is 0. The highest BCUT2D eigenvalue weighted by molar-refractivity contribution is 5.91. The molecule has 0 spiro atoms. The summed E-state index contributed by atoms with van der Waals surface area (Å²) in [6.45, 7) is 7.71. The van der Waals surface area contributed by atoms with Crippen LogP contribution >= 0.6 is 0 Å². The Hall–Kier alpha value is -3.55. The number of furan rings is 1. The quantitative estimate of drug-likeness (QED) is 0.415. The third kappa shape index (κ3) is 5.97. The molecule has 8 heteroatoms. The molecule has 2 aromatic heterocycles. The topological polar surface area (TPSA) is 90.8 Å². The Bertz CT molecular complexity index is 995. The van der Waals surface area contributed by atoms with Crippen LogP contribution < -0.4 is 9.47 Å². The molecular formula is C23H27N3O5. The molecule has 3 rings (SSSR count). The highest BCUT2D eigenvalue weighted by Crippen LogP contribution is 2.29. The van der Waals surface area contributed by atoms with E-state index in [1.54, 1.807) is 23.1 Å². The molecule has 0 saturated carbocycles. The van der Waals surface area contributed by atoms with Crippen molar-refractivity contribution in [3.8, 4) is 23.1 Å². The van der Waals surface area contributed by atoms with Crippen LogP contribution in [0.3, 0.4) is 0 Å². The molecule has 2 heterocycles. The number of amides is 1. The molecule has 1 amide bonds. The predicted octanol–water partition coefficient (Wildman–Crippen LogP) is 4.58. The van der Waals surface area contributed by atoms with Crippen molar-refractivity contribution in [2.75, 3.05) is 19.8 Å². The van der Waals surface area contributed by atoms with E-state index in [4.69, 9.17) is 18.3 Å². The van der Waals surface area contributed by atoms with Crippen molar-refractivity contribution in [1.82, 2.24) is 15.1 Å². The van der Waals surface area contributed by atoms with E-state index in [-0.39, 0.29) is 18.3 Å². The standard InChI is InChI=1S/C23H27N3O5/c1-4-13-26(16-21-24-25-23(31-21)19-8-7-14-30-19)22(27)12-10-17-9-11-18(28-5-2)20(15-17)29-6-3/h7-12,14-15H,4-6,13,16H2,1-3H3/b12-10+. The zero-order valence-electron chi connectivity index (χ0n) is 18.0. The van der Waals surface area contributed by atoms with Gasteiger partial charge in [-0.3, -0.25) is 4.79 Å². The number of aromatic nitrogens is 2. The first-order valence-electron chi connectivity index (χ1n) is 10.4. The minimum Gasteiger partial charge on any atom is -0.490 e. The van der Waals surface area contributed by atoms with Gasteiger partial charge in [-0.25, -0.2) is 0 Å². The van der Waals surface area contributed by atoms with E-state index in [0.717, 1.165) is 12.0 Å². The number of hydrogen-bond acceptors (Lipinski definition) is 7. The second kappa shape index (κ2) is 11.0. The molecule has 0 saturated heterocycles. The monoisotopic (exact) mass is 425 g/mol. The lowest BCUT2D eigenvalue weighted by molar-refractivity contribution is -0.126. The molecule has 0 atom stereocenters. The number of ether oxygens (including phenoxy) is 2. The molecule has 0 unspecified atom stereocenters. The molecular weight excluding hydrogens is 398 g/mol. The second-order valence-corrected chi connectivity index (χ2v) is 6.64. The van der Waals surface area contributed by atoms with Crippen molar-refractivity contribution < 1.29 is 23.1 Å². The van der Waals surface area contributed by atoms with E-state index in [9.17, 15) is 4.79 Å². The summed E-state index contributed by atoms with van der Waals surface area (Å²) in [5.74, 6) is 2.32. The van der Waals surface area contributed by atoms with Crippen molar-refractivity contribution >= 4 is 12.0 Å². The van der Waals surface area contributed by atoms with Crippen LogP contribution in [0.1, 0.15) is 38.6 Å². The van der Waals surface area contributed by atoms with Crippen molar-refractivity contribution in [3.63, 3.8) is 0 Å². The van der Waals surface area contributed by atoms with Gasteiger partial charge in [-0.15, -0.1) is 10.2 Å². The van der Waals surface area contributed by atoms with Gasteiger partial charge in [-0.05, 0) is 56.2 Å². The minimum absolute atomic E-state index is 0.147. The van der Waals surface area contributed by atoms with Crippen LogP contribution in [-0.4, -0.2) is 40.8 Å². The number of carbonyl (C=O) groups is 1. The first-order chi connectivity index (χ1) is 15.1. The summed E-state index contributed by atoms with van der Waals surface area (Å²) < 4.78 is 22.1. The smallest absolute Gasteiger partial charge is 0.283 e. The predicted molar refractivity (Wildman–Crippen MR) is 116 cm³/mol. The molecule has 1 aromatic carbocycles. The summed E-state index contributed by atoms with van der Waals surface area (Å²) in [5, 5.41) is 8.01. The zero-order valence-corrected chi connectivity index (χ0v) is 18.0. The lowest BCUT2D eigenvalue weighted by Gasteiger charge is -2.18. The molecule has 0 aliphatic carbocycles. The first-order valence-corrected chi connectivity index (χ1v) is 10.4. The molecule has 0 aliphatic rings. The fourth-order valence-electron chi connectivity index (χ4n) is 2.96. The van der Waals surface area contributed by atoms with Crippen LogP contribution in [0.25, 0.3) is 17.7 Å². The van der Waals surface area contributed by atoms with Crippen molar-refractivity contribution in [1.29, 1.82) is 0 Å². The fraction of sp³-hybridized carbons (Fsp3) is 0.348. The molecule has 31 heavy (non-hydrogen) atoms. The SMILES string of the molecule is CCCN(Cc1nnc(-c2ccco2)o1)C(=O)/C=C/c1ccc(OCC)c(OCC)c1. The summed E-state index contributed by atoms with van der Waals surface area (Å²) in [5.41, 5.74) is 0.842. The van der Waals surface area contributed by atoms with E-state index >= 15 is 0 Å². The lowest BCUT2D eigenvalue weighted by atomic mass is 10.2. The van der Waals surface area contributed by atoms with Gasteiger partial charge in [-0.1, -0.05) is 13.0 Å². The number of rotatable bonds is 11. The van der Waals surface area contributed by atoms with Gasteiger partial charge in [0.2, 0.25) is 11.8 Å². The van der Waals surface area contributed by atoms with Crippen LogP contribution in [0.15, 0.2) is 51.5 Å². The molecule has 0 fully saturated rings. The number of hydrogen-bond donors (Lipinski definition) is 0. The number of carbonyl (C=O) groups excluding carboxylic acids is 1. The van der Waals surface area contributed by atoms with E-state index in [0.29, 0.717) is 42.9 Å². The lowest BCUT2D eigenvalue weighted by Crippen LogP contribution is -2.29. The van der Waals surface area contributed by atoms with Crippen LogP contribution in [-0.2, 0) is 11.3 Å². The average molecular weight is 425 g/mol. The third-order valence-electron chi connectivity index (χ3n) is 4.32. The normalized spacial score (nSPS) is 11.1. The Labute approximate surface area is 181 Å². The second-order valence-electron chi connectivity index (χ2n) is 6.64. The third-order valence-corrected chi connectivity index (χ3v) is 4.32. The maximum absolute atomic E-state index is 12.8. The summed E-state index contributed by atoms with van der Waals surface area (Å²) >= 11 is 0. The van der Waals surface area contributed by atoms with Crippen LogP contribution in [0, 0.1) is 0 Å². The van der Waals surface area contributed by atoms with Crippen LogP contribution in [0.2, 0.25) is 0 Å². The van der Waals surface area contributed by atoms with Crippen molar-refractivity contribution in [3.05, 3.63) is 54.1 Å². The maximum atomic E-state index is 12.8. The zero-order chi connectivity index (χ0) is 22.1. The minimum atomic E-state index is -0.147. The summed E-state index contributed by atoms with van der Waals surface area (Å²) in [6.07, 6.45) is 5.63. The van der Waals surface area contributed by atoms with Gasteiger partial charge in [0.15, 0.2) is 17.3 Å². The van der Waals surface area contributed by atoms with E-state index in [2.05, 4.69) is 10.2 Å². The van der Waals surface area contributed by atoms with Crippen molar-refractivity contribution in [2.24, 2.45) is 0 Å². The van der Waals surface area contributed by atoms with Gasteiger partial charge >= 0.3 is 0 Å². The van der Waals surface area contributed by atoms with E-state index in [1.165, 1.54) is 12.3 Å². The number of benzene rings is 1. The van der Waals surface area contributed by atoms with Crippen molar-refractivity contribution in [2.45, 2.75) is 33.7 Å². The summed E-state index contributed by atoms with van der Waals surface area (Å²) in [4.78, 5) is 14.5. The Morgan fingerprint density at radius 2 is 1.90 bits per heavy atom. The fourth-order valence-corrected chi connectivity index (χ4v) is 2.96. The van der Waals surface area contributed by atoms with Gasteiger partial charge in [0, 0.05) is 12.6 Å². The Balaban J connectivity index is 1.70. The highest BCUT2D eigenvalue weighted by Gasteiger charge is 2.17. The molecule has 0 N–H and O–H groups in total. The number of nitrogens with zero attached hydrogens (tertiary/aromatic N) is 3. The van der Waals surface area contributed by atoms with Gasteiger partial charge in [0.1, 0.15) is 0 Å². The Kier molecular flexibility index (Phi) is 7.86. The molecule has 3 aromatic rings. The van der Waals surface area contributed by atoms with Gasteiger partial charge < -0.3 is 23.2 Å². The highest BCUT2D eigenvalue weighted by atomic mass is 16.5. The largest absolute Gasteiger partial charge is 0.490 e. The molecule has 0 bridgehead atoms. The van der Waals surface area contributed by atoms with Gasteiger partial charge in [0.25, 0.3) is 5.89 Å². The maximum Gasteiger partial charge on any atom is 0.283 e. The Morgan fingerprint density at radius 1 is 1.10 bits per heavy atom. The van der Waals surface area contributed by atoms with Gasteiger partial charge in [-0.2, -0.15) is 0 Å². The van der Waals surface area contributed by atoms with E-state index in [1.807, 2.05) is 39.0 Å². The molecule has 164 valence electrons. The Morgan fingerprint density at radius 3 is 2.61 bits per heavy atom. The molecule has 0 radical (unpaired) electrons. The van der Waals surface area contributed by atoms with E-state index < -0.39 is 0 Å². The first kappa shape index (κ1) is 22.1. The summed E-state index contributed by atoms with van der Waals surface area (Å²) in [6, 6.07) is 9.07. The molecule has 8 nitrogen and oxygen atoms in total. The average Bonchev–Trinajstić information content (AvgIpc) is 3.45. The molecule has 0 aliphatic heterocycles. The van der Waals surface area contributed by atoms with Crippen LogP contribution in [0.5, 0.6) is 11.5 Å². The van der Waals surface area contributed by atoms with Crippen LogP contribution in [0.4, 0.5) is 0 Å².